The number of hydrogen-bond donors (Lipinski definition) is 2. The van der Waals surface area contributed by atoms with Crippen molar-refractivity contribution in [1.82, 2.24) is 15.5 Å². The van der Waals surface area contributed by atoms with E-state index in [9.17, 15) is 9.90 Å². The molecule has 1 aliphatic heterocycles. The zero-order chi connectivity index (χ0) is 34.0. The highest BCUT2D eigenvalue weighted by Gasteiger charge is 2.38. The van der Waals surface area contributed by atoms with Gasteiger partial charge in [-0.1, -0.05) is 163 Å². The van der Waals surface area contributed by atoms with Gasteiger partial charge in [0.25, 0.3) is 0 Å². The van der Waals surface area contributed by atoms with Gasteiger partial charge in [-0.2, -0.15) is 0 Å². The topological polar surface area (TPSA) is 93.6 Å². The van der Waals surface area contributed by atoms with E-state index < -0.39 is 6.29 Å². The summed E-state index contributed by atoms with van der Waals surface area (Å²) in [7, 11) is 0. The fraction of sp³-hybridized carbons (Fsp3) is 0.615. The van der Waals surface area contributed by atoms with Gasteiger partial charge in [-0.05, 0) is 30.0 Å². The lowest BCUT2D eigenvalue weighted by atomic mass is 9.91. The average molecular weight is 696 g/mol. The minimum Gasteiger partial charge on any atom is -0.392 e. The number of aromatic nitrogens is 2. The standard InChI is InChI=1S/C39H57N3O4S2/c1-4-5-6-7-8-9-10-11-12-13-14-15-16-17-36(44)40-26-31-18-24-34(25-19-31)38-45-35(28-47-39-42-41-30(3)48-39)29(2)37(46-38)33-22-20-32(27-43)21-23-33/h18-25,29,35,37-38,43H,4-17,26-28H2,1-3H3,(H,40,44). The maximum atomic E-state index is 12.5. The minimum atomic E-state index is -0.523. The van der Waals surface area contributed by atoms with E-state index in [0.29, 0.717) is 13.0 Å². The number of hydrogen-bond acceptors (Lipinski definition) is 8. The lowest BCUT2D eigenvalue weighted by molar-refractivity contribution is -0.268. The molecule has 7 nitrogen and oxygen atoms in total. The van der Waals surface area contributed by atoms with Crippen molar-refractivity contribution in [2.24, 2.45) is 5.92 Å². The number of nitrogens with one attached hydrogen (secondary N) is 1. The van der Waals surface area contributed by atoms with Crippen LogP contribution in [0.5, 0.6) is 0 Å². The van der Waals surface area contributed by atoms with Gasteiger partial charge in [0.15, 0.2) is 10.6 Å². The summed E-state index contributed by atoms with van der Waals surface area (Å²) in [6.07, 6.45) is 16.8. The third-order valence-electron chi connectivity index (χ3n) is 9.25. The van der Waals surface area contributed by atoms with Crippen LogP contribution >= 0.6 is 23.1 Å². The summed E-state index contributed by atoms with van der Waals surface area (Å²) < 4.78 is 14.1. The fourth-order valence-corrected chi connectivity index (χ4v) is 8.19. The van der Waals surface area contributed by atoms with Gasteiger partial charge in [-0.25, -0.2) is 0 Å². The molecule has 4 rings (SSSR count). The second-order valence-corrected chi connectivity index (χ2v) is 15.7. The molecule has 1 fully saturated rings. The Hall–Kier alpha value is -2.30. The number of nitrogens with zero attached hydrogens (tertiary/aromatic N) is 2. The predicted molar refractivity (Wildman–Crippen MR) is 197 cm³/mol. The number of carbonyl (C=O) groups is 1. The lowest BCUT2D eigenvalue weighted by Gasteiger charge is -2.41. The summed E-state index contributed by atoms with van der Waals surface area (Å²) in [4.78, 5) is 12.5. The normalized spacial score (nSPS) is 19.4. The smallest absolute Gasteiger partial charge is 0.220 e. The van der Waals surface area contributed by atoms with Crippen molar-refractivity contribution in [3.05, 3.63) is 75.8 Å². The molecule has 3 aromatic rings. The Bertz CT molecular complexity index is 1320. The van der Waals surface area contributed by atoms with E-state index in [-0.39, 0.29) is 30.6 Å². The number of unbranched alkanes of at least 4 members (excludes halogenated alkanes) is 12. The Labute approximate surface area is 297 Å². The number of ether oxygens (including phenoxy) is 2. The van der Waals surface area contributed by atoms with E-state index in [2.05, 4.69) is 29.4 Å². The van der Waals surface area contributed by atoms with Crippen molar-refractivity contribution in [3.63, 3.8) is 0 Å². The minimum absolute atomic E-state index is 0.0138. The van der Waals surface area contributed by atoms with E-state index >= 15 is 0 Å². The summed E-state index contributed by atoms with van der Waals surface area (Å²) >= 11 is 3.27. The van der Waals surface area contributed by atoms with Gasteiger partial charge in [0.2, 0.25) is 5.91 Å². The molecule has 4 atom stereocenters. The molecule has 1 amide bonds. The third-order valence-corrected chi connectivity index (χ3v) is 11.3. The Morgan fingerprint density at radius 1 is 0.812 bits per heavy atom. The van der Waals surface area contributed by atoms with Gasteiger partial charge < -0.3 is 19.9 Å². The Morgan fingerprint density at radius 3 is 1.98 bits per heavy atom. The number of benzene rings is 2. The first-order valence-electron chi connectivity index (χ1n) is 18.3. The van der Waals surface area contributed by atoms with E-state index in [1.807, 2.05) is 55.5 Å². The van der Waals surface area contributed by atoms with Crippen LogP contribution in [0.1, 0.15) is 143 Å². The van der Waals surface area contributed by atoms with Gasteiger partial charge in [-0.15, -0.1) is 10.2 Å². The number of thioether (sulfide) groups is 1. The summed E-state index contributed by atoms with van der Waals surface area (Å²) in [6, 6.07) is 16.2. The molecule has 9 heteroatoms. The molecule has 0 aliphatic carbocycles. The number of aryl methyl sites for hydroxylation is 1. The predicted octanol–water partition coefficient (Wildman–Crippen LogP) is 10.0. The highest BCUT2D eigenvalue weighted by molar-refractivity contribution is 8.01. The molecule has 1 aliphatic rings. The van der Waals surface area contributed by atoms with Crippen LogP contribution in [0.25, 0.3) is 0 Å². The van der Waals surface area contributed by atoms with Crippen LogP contribution in [0, 0.1) is 12.8 Å². The van der Waals surface area contributed by atoms with E-state index in [1.165, 1.54) is 70.6 Å². The summed E-state index contributed by atoms with van der Waals surface area (Å²) in [6.45, 7) is 6.93. The number of carbonyl (C=O) groups excluding carboxylic acids is 1. The first kappa shape index (κ1) is 38.5. The van der Waals surface area contributed by atoms with Gasteiger partial charge in [0.05, 0.1) is 18.8 Å². The summed E-state index contributed by atoms with van der Waals surface area (Å²) in [5, 5.41) is 22.0. The van der Waals surface area contributed by atoms with Crippen molar-refractivity contribution >= 4 is 29.0 Å². The van der Waals surface area contributed by atoms with E-state index in [1.54, 1.807) is 23.1 Å². The number of rotatable bonds is 22. The molecule has 0 radical (unpaired) electrons. The maximum absolute atomic E-state index is 12.5. The molecule has 4 unspecified atom stereocenters. The van der Waals surface area contributed by atoms with Gasteiger partial charge in [-0.3, -0.25) is 4.79 Å². The quantitative estimate of drug-likeness (QED) is 0.0798. The molecule has 0 saturated carbocycles. The second-order valence-electron chi connectivity index (χ2n) is 13.2. The maximum Gasteiger partial charge on any atom is 0.220 e. The third kappa shape index (κ3) is 13.2. The zero-order valence-corrected chi connectivity index (χ0v) is 31.0. The SMILES string of the molecule is CCCCCCCCCCCCCCCC(=O)NCc1ccc(C2OC(CSc3nnc(C)s3)C(C)C(c3ccc(CO)cc3)O2)cc1. The molecule has 0 bridgehead atoms. The molecular formula is C39H57N3O4S2. The van der Waals surface area contributed by atoms with Gasteiger partial charge in [0, 0.05) is 30.2 Å². The Morgan fingerprint density at radius 2 is 1.40 bits per heavy atom. The first-order valence-corrected chi connectivity index (χ1v) is 20.1. The molecule has 2 N–H and O–H groups in total. The summed E-state index contributed by atoms with van der Waals surface area (Å²) in [5.74, 6) is 0.966. The van der Waals surface area contributed by atoms with E-state index in [0.717, 1.165) is 50.2 Å². The number of aliphatic hydroxyl groups is 1. The zero-order valence-electron chi connectivity index (χ0n) is 29.3. The van der Waals surface area contributed by atoms with Crippen molar-refractivity contribution < 1.29 is 19.4 Å². The molecule has 2 heterocycles. The van der Waals surface area contributed by atoms with Crippen molar-refractivity contribution in [3.8, 4) is 0 Å². The van der Waals surface area contributed by atoms with Crippen LogP contribution in [-0.2, 0) is 27.4 Å². The fourth-order valence-electron chi connectivity index (χ4n) is 6.19. The second kappa shape index (κ2) is 21.7. The molecule has 48 heavy (non-hydrogen) atoms. The highest BCUT2D eigenvalue weighted by atomic mass is 32.2. The van der Waals surface area contributed by atoms with Crippen molar-refractivity contribution in [1.29, 1.82) is 0 Å². The van der Waals surface area contributed by atoms with Gasteiger partial charge >= 0.3 is 0 Å². The van der Waals surface area contributed by atoms with Gasteiger partial charge in [0.1, 0.15) is 5.01 Å². The Balaban J connectivity index is 1.19. The number of amides is 1. The molecule has 1 saturated heterocycles. The molecule has 1 aromatic heterocycles. The van der Waals surface area contributed by atoms with Crippen LogP contribution in [-0.4, -0.2) is 33.1 Å². The van der Waals surface area contributed by atoms with Crippen molar-refractivity contribution in [2.45, 2.75) is 147 Å². The Kier molecular flexibility index (Phi) is 17.4. The molecule has 2 aromatic carbocycles. The van der Waals surface area contributed by atoms with Crippen LogP contribution in [0.2, 0.25) is 0 Å². The summed E-state index contributed by atoms with van der Waals surface area (Å²) in [5.41, 5.74) is 3.94. The van der Waals surface area contributed by atoms with Crippen LogP contribution < -0.4 is 5.32 Å². The van der Waals surface area contributed by atoms with E-state index in [4.69, 9.17) is 9.47 Å². The lowest BCUT2D eigenvalue weighted by Crippen LogP contribution is -2.38. The molecular weight excluding hydrogens is 639 g/mol. The molecule has 264 valence electrons. The van der Waals surface area contributed by atoms with Crippen LogP contribution in [0.4, 0.5) is 0 Å². The van der Waals surface area contributed by atoms with Crippen molar-refractivity contribution in [2.75, 3.05) is 5.75 Å². The first-order chi connectivity index (χ1) is 23.5. The largest absolute Gasteiger partial charge is 0.392 e. The van der Waals surface area contributed by atoms with Crippen LogP contribution in [0.15, 0.2) is 52.9 Å². The van der Waals surface area contributed by atoms with Crippen LogP contribution in [0.3, 0.4) is 0 Å². The average Bonchev–Trinajstić information content (AvgIpc) is 3.54. The number of aliphatic hydroxyl groups excluding tert-OH is 1. The highest BCUT2D eigenvalue weighted by Crippen LogP contribution is 2.43. The molecule has 0 spiro atoms. The monoisotopic (exact) mass is 695 g/mol.